The van der Waals surface area contributed by atoms with E-state index in [0.29, 0.717) is 30.2 Å². The van der Waals surface area contributed by atoms with Crippen LogP contribution >= 0.6 is 11.6 Å². The first kappa shape index (κ1) is 15.1. The van der Waals surface area contributed by atoms with Crippen molar-refractivity contribution in [1.29, 1.82) is 0 Å². The Bertz CT molecular complexity index is 402. The van der Waals surface area contributed by atoms with E-state index in [0.717, 1.165) is 0 Å². The van der Waals surface area contributed by atoms with Crippen molar-refractivity contribution < 1.29 is 9.90 Å². The number of aliphatic hydroxyl groups excluding tert-OH is 1. The van der Waals surface area contributed by atoms with Crippen molar-refractivity contribution in [3.63, 3.8) is 0 Å². The molecule has 1 heterocycles. The first-order valence-corrected chi connectivity index (χ1v) is 6.66. The summed E-state index contributed by atoms with van der Waals surface area (Å²) in [5, 5.41) is 9.42. The summed E-state index contributed by atoms with van der Waals surface area (Å²) < 4.78 is 1.88. The molecule has 102 valence electrons. The van der Waals surface area contributed by atoms with Crippen LogP contribution in [0.5, 0.6) is 0 Å². The van der Waals surface area contributed by atoms with Crippen molar-refractivity contribution >= 4 is 17.5 Å². The molecule has 5 heteroatoms. The Hall–Kier alpha value is -1.00. The maximum Gasteiger partial charge on any atom is 0.270 e. The maximum atomic E-state index is 12.4. The molecule has 0 aliphatic heterocycles. The van der Waals surface area contributed by atoms with Crippen molar-refractivity contribution in [1.82, 2.24) is 9.47 Å². The van der Waals surface area contributed by atoms with Crippen LogP contribution in [0.3, 0.4) is 0 Å². The summed E-state index contributed by atoms with van der Waals surface area (Å²) in [6.07, 6.45) is 2.37. The van der Waals surface area contributed by atoms with E-state index in [9.17, 15) is 4.79 Å². The van der Waals surface area contributed by atoms with Crippen LogP contribution in [0.25, 0.3) is 0 Å². The molecule has 1 aromatic heterocycles. The number of rotatable bonds is 6. The molecule has 1 amide bonds. The summed E-state index contributed by atoms with van der Waals surface area (Å²) in [5.41, 5.74) is 0.606. The second-order valence-electron chi connectivity index (χ2n) is 4.51. The van der Waals surface area contributed by atoms with E-state index in [1.165, 1.54) is 0 Å². The van der Waals surface area contributed by atoms with E-state index in [-0.39, 0.29) is 18.6 Å². The Morgan fingerprint density at radius 1 is 1.56 bits per heavy atom. The molecule has 0 saturated heterocycles. The molecule has 0 aliphatic carbocycles. The van der Waals surface area contributed by atoms with Gasteiger partial charge in [-0.05, 0) is 33.3 Å². The highest BCUT2D eigenvalue weighted by molar-refractivity contribution is 6.31. The molecule has 1 rings (SSSR count). The summed E-state index contributed by atoms with van der Waals surface area (Å²) >= 11 is 5.97. The summed E-state index contributed by atoms with van der Waals surface area (Å²) in [6, 6.07) is 1.89. The summed E-state index contributed by atoms with van der Waals surface area (Å²) in [7, 11) is 0. The quantitative estimate of drug-likeness (QED) is 0.865. The highest BCUT2D eigenvalue weighted by Crippen LogP contribution is 2.20. The molecule has 0 bridgehead atoms. The smallest absolute Gasteiger partial charge is 0.270 e. The Labute approximate surface area is 113 Å². The van der Waals surface area contributed by atoms with Gasteiger partial charge in [-0.25, -0.2) is 0 Å². The van der Waals surface area contributed by atoms with E-state index in [1.807, 2.05) is 25.3 Å². The Morgan fingerprint density at radius 3 is 2.72 bits per heavy atom. The number of carbonyl (C=O) groups is 1. The highest BCUT2D eigenvalue weighted by atomic mass is 35.5. The van der Waals surface area contributed by atoms with Crippen LogP contribution in [0.1, 0.15) is 43.7 Å². The minimum absolute atomic E-state index is 0.0356. The van der Waals surface area contributed by atoms with Crippen molar-refractivity contribution in [2.24, 2.45) is 0 Å². The number of carbonyl (C=O) groups excluding carboxylic acids is 1. The third kappa shape index (κ3) is 3.50. The number of amides is 1. The highest BCUT2D eigenvalue weighted by Gasteiger charge is 2.19. The fourth-order valence-corrected chi connectivity index (χ4v) is 2.08. The van der Waals surface area contributed by atoms with E-state index >= 15 is 0 Å². The fourth-order valence-electron chi connectivity index (χ4n) is 1.87. The van der Waals surface area contributed by atoms with Gasteiger partial charge in [-0.1, -0.05) is 11.6 Å². The second-order valence-corrected chi connectivity index (χ2v) is 4.94. The zero-order valence-electron chi connectivity index (χ0n) is 11.2. The predicted octanol–water partition coefficient (Wildman–Crippen LogP) is 2.57. The SMILES string of the molecule is CCN(CCCO)C(=O)c1cc(Cl)cn1C(C)C. The minimum atomic E-state index is -0.0356. The molecular weight excluding hydrogens is 252 g/mol. The number of halogens is 1. The van der Waals surface area contributed by atoms with Crippen molar-refractivity contribution in [3.05, 3.63) is 23.0 Å². The van der Waals surface area contributed by atoms with Gasteiger partial charge in [0.15, 0.2) is 0 Å². The van der Waals surface area contributed by atoms with Crippen LogP contribution in [0, 0.1) is 0 Å². The summed E-state index contributed by atoms with van der Waals surface area (Å²) in [4.78, 5) is 14.1. The molecule has 1 N–H and O–H groups in total. The number of nitrogens with zero attached hydrogens (tertiary/aromatic N) is 2. The van der Waals surface area contributed by atoms with Gasteiger partial charge in [0, 0.05) is 31.9 Å². The number of hydrogen-bond acceptors (Lipinski definition) is 2. The van der Waals surface area contributed by atoms with E-state index < -0.39 is 0 Å². The first-order chi connectivity index (χ1) is 8.51. The van der Waals surface area contributed by atoms with Crippen molar-refractivity contribution in [3.8, 4) is 0 Å². The number of hydrogen-bond donors (Lipinski definition) is 1. The molecule has 0 atom stereocenters. The van der Waals surface area contributed by atoms with E-state index in [2.05, 4.69) is 0 Å². The number of aliphatic hydroxyl groups is 1. The van der Waals surface area contributed by atoms with Crippen LogP contribution in [0.4, 0.5) is 0 Å². The monoisotopic (exact) mass is 272 g/mol. The molecule has 0 aromatic carbocycles. The largest absolute Gasteiger partial charge is 0.396 e. The third-order valence-electron chi connectivity index (χ3n) is 2.85. The lowest BCUT2D eigenvalue weighted by Gasteiger charge is -2.22. The normalized spacial score (nSPS) is 11.0. The van der Waals surface area contributed by atoms with Crippen molar-refractivity contribution in [2.75, 3.05) is 19.7 Å². The van der Waals surface area contributed by atoms with Gasteiger partial charge in [0.25, 0.3) is 5.91 Å². The molecule has 18 heavy (non-hydrogen) atoms. The molecule has 1 aromatic rings. The standard InChI is InChI=1S/C13H21ClN2O2/c1-4-15(6-5-7-17)13(18)12-8-11(14)9-16(12)10(2)3/h8-10,17H,4-7H2,1-3H3. The molecule has 0 aliphatic rings. The second kappa shape index (κ2) is 6.81. The zero-order chi connectivity index (χ0) is 13.7. The molecule has 0 radical (unpaired) electrons. The Kier molecular flexibility index (Phi) is 5.69. The Balaban J connectivity index is 2.94. The van der Waals surface area contributed by atoms with Crippen LogP contribution < -0.4 is 0 Å². The number of aromatic nitrogens is 1. The lowest BCUT2D eigenvalue weighted by atomic mass is 10.3. The van der Waals surface area contributed by atoms with Gasteiger partial charge in [0.05, 0.1) is 5.02 Å². The van der Waals surface area contributed by atoms with Crippen LogP contribution in [-0.2, 0) is 0 Å². The van der Waals surface area contributed by atoms with Gasteiger partial charge in [-0.2, -0.15) is 0 Å². The average Bonchev–Trinajstić information content (AvgIpc) is 2.72. The van der Waals surface area contributed by atoms with Gasteiger partial charge in [-0.3, -0.25) is 4.79 Å². The van der Waals surface area contributed by atoms with Crippen LogP contribution in [-0.4, -0.2) is 40.2 Å². The van der Waals surface area contributed by atoms with E-state index in [1.54, 1.807) is 17.2 Å². The zero-order valence-corrected chi connectivity index (χ0v) is 11.9. The topological polar surface area (TPSA) is 45.5 Å². The molecule has 0 spiro atoms. The molecule has 0 unspecified atom stereocenters. The lowest BCUT2D eigenvalue weighted by molar-refractivity contribution is 0.0742. The molecule has 4 nitrogen and oxygen atoms in total. The molecule has 0 fully saturated rings. The third-order valence-corrected chi connectivity index (χ3v) is 3.05. The molecule has 0 saturated carbocycles. The van der Waals surface area contributed by atoms with Gasteiger partial charge in [0.2, 0.25) is 0 Å². The van der Waals surface area contributed by atoms with Crippen molar-refractivity contribution in [2.45, 2.75) is 33.2 Å². The predicted molar refractivity (Wildman–Crippen MR) is 73.1 cm³/mol. The minimum Gasteiger partial charge on any atom is -0.396 e. The maximum absolute atomic E-state index is 12.4. The summed E-state index contributed by atoms with van der Waals surface area (Å²) in [6.45, 7) is 7.23. The fraction of sp³-hybridized carbons (Fsp3) is 0.615. The first-order valence-electron chi connectivity index (χ1n) is 6.28. The van der Waals surface area contributed by atoms with Crippen LogP contribution in [0.15, 0.2) is 12.3 Å². The van der Waals surface area contributed by atoms with E-state index in [4.69, 9.17) is 16.7 Å². The molecular formula is C13H21ClN2O2. The van der Waals surface area contributed by atoms with Gasteiger partial charge in [0.1, 0.15) is 5.69 Å². The average molecular weight is 273 g/mol. The Morgan fingerprint density at radius 2 is 2.22 bits per heavy atom. The lowest BCUT2D eigenvalue weighted by Crippen LogP contribution is -2.33. The van der Waals surface area contributed by atoms with Gasteiger partial charge in [-0.15, -0.1) is 0 Å². The van der Waals surface area contributed by atoms with Crippen LogP contribution in [0.2, 0.25) is 5.02 Å². The van der Waals surface area contributed by atoms with Gasteiger partial charge < -0.3 is 14.6 Å². The summed E-state index contributed by atoms with van der Waals surface area (Å²) in [5.74, 6) is -0.0356. The van der Waals surface area contributed by atoms with Gasteiger partial charge >= 0.3 is 0 Å².